The molecular weight excluding hydrogens is 184 g/mol. The maximum atomic E-state index is 11.2. The number of unbranched alkanes of at least 4 members (excludes halogenated alkanes) is 4. The molecule has 1 nitrogen and oxygen atoms in total. The van der Waals surface area contributed by atoms with Gasteiger partial charge in [-0.1, -0.05) is 44.4 Å². The van der Waals surface area contributed by atoms with Crippen LogP contribution in [-0.4, -0.2) is 5.78 Å². The summed E-state index contributed by atoms with van der Waals surface area (Å²) in [4.78, 5) is 11.2. The van der Waals surface area contributed by atoms with Gasteiger partial charge in [0.25, 0.3) is 0 Å². The van der Waals surface area contributed by atoms with Crippen LogP contribution in [-0.2, 0) is 4.79 Å². The van der Waals surface area contributed by atoms with Crippen LogP contribution in [0, 0.1) is 0 Å². The van der Waals surface area contributed by atoms with E-state index in [1.807, 2.05) is 0 Å². The predicted octanol–water partition coefficient (Wildman–Crippen LogP) is 4.19. The minimum Gasteiger partial charge on any atom is -0.299 e. The molecule has 0 saturated carbocycles. The fourth-order valence-electron chi connectivity index (χ4n) is 1.86. The Morgan fingerprint density at radius 3 is 2.93 bits per heavy atom. The van der Waals surface area contributed by atoms with Gasteiger partial charge < -0.3 is 0 Å². The zero-order valence-electron chi connectivity index (χ0n) is 9.80. The maximum absolute atomic E-state index is 11.2. The first-order valence-electron chi connectivity index (χ1n) is 6.20. The zero-order chi connectivity index (χ0) is 10.9. The van der Waals surface area contributed by atoms with Gasteiger partial charge in [-0.05, 0) is 24.8 Å². The SMILES string of the molecule is CCCCCCC=CC1=CCCC(=O)C1. The molecule has 1 aliphatic carbocycles. The van der Waals surface area contributed by atoms with E-state index in [0.29, 0.717) is 12.2 Å². The lowest BCUT2D eigenvalue weighted by Crippen LogP contribution is -2.02. The van der Waals surface area contributed by atoms with Crippen molar-refractivity contribution in [3.63, 3.8) is 0 Å². The highest BCUT2D eigenvalue weighted by Crippen LogP contribution is 2.16. The molecule has 0 radical (unpaired) electrons. The van der Waals surface area contributed by atoms with Crippen molar-refractivity contribution < 1.29 is 4.79 Å². The molecule has 0 aromatic carbocycles. The van der Waals surface area contributed by atoms with Crippen LogP contribution in [0.25, 0.3) is 0 Å². The van der Waals surface area contributed by atoms with E-state index in [2.05, 4.69) is 25.2 Å². The molecular formula is C14H22O. The number of rotatable bonds is 6. The highest BCUT2D eigenvalue weighted by atomic mass is 16.1. The average Bonchev–Trinajstić information content (AvgIpc) is 2.23. The zero-order valence-corrected chi connectivity index (χ0v) is 9.80. The van der Waals surface area contributed by atoms with E-state index in [1.54, 1.807) is 0 Å². The number of ketones is 1. The number of carbonyl (C=O) groups excluding carboxylic acids is 1. The summed E-state index contributed by atoms with van der Waals surface area (Å²) < 4.78 is 0. The van der Waals surface area contributed by atoms with Crippen molar-refractivity contribution in [2.45, 2.75) is 58.3 Å². The van der Waals surface area contributed by atoms with E-state index in [1.165, 1.54) is 31.3 Å². The second-order valence-electron chi connectivity index (χ2n) is 4.28. The number of hydrogen-bond donors (Lipinski definition) is 0. The number of allylic oxidation sites excluding steroid dienone is 4. The van der Waals surface area contributed by atoms with Crippen LogP contribution in [0.5, 0.6) is 0 Å². The quantitative estimate of drug-likeness (QED) is 0.595. The Balaban J connectivity index is 2.14. The first-order chi connectivity index (χ1) is 7.33. The summed E-state index contributed by atoms with van der Waals surface area (Å²) in [6, 6.07) is 0. The van der Waals surface area contributed by atoms with Gasteiger partial charge >= 0.3 is 0 Å². The van der Waals surface area contributed by atoms with E-state index in [0.717, 1.165) is 19.3 Å². The molecule has 0 unspecified atom stereocenters. The molecule has 1 aliphatic rings. The van der Waals surface area contributed by atoms with Crippen molar-refractivity contribution in [3.8, 4) is 0 Å². The van der Waals surface area contributed by atoms with E-state index in [4.69, 9.17) is 0 Å². The number of Topliss-reactive ketones (excluding diaryl/α,β-unsaturated/α-hetero) is 1. The summed E-state index contributed by atoms with van der Waals surface area (Å²) in [5, 5.41) is 0. The molecule has 84 valence electrons. The van der Waals surface area contributed by atoms with Gasteiger partial charge in [0, 0.05) is 12.8 Å². The summed E-state index contributed by atoms with van der Waals surface area (Å²) in [7, 11) is 0. The second kappa shape index (κ2) is 7.44. The Morgan fingerprint density at radius 1 is 1.33 bits per heavy atom. The van der Waals surface area contributed by atoms with Gasteiger partial charge in [0.1, 0.15) is 5.78 Å². The third-order valence-corrected chi connectivity index (χ3v) is 2.79. The van der Waals surface area contributed by atoms with E-state index in [-0.39, 0.29) is 0 Å². The van der Waals surface area contributed by atoms with E-state index in [9.17, 15) is 4.79 Å². The molecule has 0 amide bonds. The molecule has 0 bridgehead atoms. The topological polar surface area (TPSA) is 17.1 Å². The Hall–Kier alpha value is -0.850. The highest BCUT2D eigenvalue weighted by Gasteiger charge is 2.08. The molecule has 0 fully saturated rings. The van der Waals surface area contributed by atoms with Gasteiger partial charge in [-0.15, -0.1) is 0 Å². The summed E-state index contributed by atoms with van der Waals surface area (Å²) >= 11 is 0. The van der Waals surface area contributed by atoms with Crippen molar-refractivity contribution >= 4 is 5.78 Å². The first kappa shape index (κ1) is 12.2. The number of carbonyl (C=O) groups is 1. The molecule has 0 aromatic heterocycles. The van der Waals surface area contributed by atoms with E-state index >= 15 is 0 Å². The van der Waals surface area contributed by atoms with Crippen molar-refractivity contribution in [1.82, 2.24) is 0 Å². The maximum Gasteiger partial charge on any atom is 0.137 e. The lowest BCUT2D eigenvalue weighted by molar-refractivity contribution is -0.118. The van der Waals surface area contributed by atoms with Gasteiger partial charge in [0.05, 0.1) is 0 Å². The minimum absolute atomic E-state index is 0.392. The monoisotopic (exact) mass is 206 g/mol. The molecule has 0 aromatic rings. The van der Waals surface area contributed by atoms with Crippen LogP contribution < -0.4 is 0 Å². The van der Waals surface area contributed by atoms with Crippen molar-refractivity contribution in [2.24, 2.45) is 0 Å². The van der Waals surface area contributed by atoms with Crippen LogP contribution in [0.2, 0.25) is 0 Å². The largest absolute Gasteiger partial charge is 0.299 e. The highest BCUT2D eigenvalue weighted by molar-refractivity contribution is 5.82. The van der Waals surface area contributed by atoms with Gasteiger partial charge in [-0.2, -0.15) is 0 Å². The lowest BCUT2D eigenvalue weighted by Gasteiger charge is -2.07. The normalized spacial score (nSPS) is 17.1. The van der Waals surface area contributed by atoms with Crippen molar-refractivity contribution in [2.75, 3.05) is 0 Å². The molecule has 1 rings (SSSR count). The van der Waals surface area contributed by atoms with Crippen LogP contribution in [0.15, 0.2) is 23.8 Å². The number of hydrogen-bond acceptors (Lipinski definition) is 1. The van der Waals surface area contributed by atoms with Crippen LogP contribution in [0.1, 0.15) is 58.3 Å². The van der Waals surface area contributed by atoms with Crippen molar-refractivity contribution in [3.05, 3.63) is 23.8 Å². The molecule has 0 heterocycles. The summed E-state index contributed by atoms with van der Waals surface area (Å²) in [5.41, 5.74) is 1.22. The fourth-order valence-corrected chi connectivity index (χ4v) is 1.86. The van der Waals surface area contributed by atoms with Gasteiger partial charge in [0.2, 0.25) is 0 Å². The molecule has 0 spiro atoms. The molecule has 15 heavy (non-hydrogen) atoms. The van der Waals surface area contributed by atoms with E-state index < -0.39 is 0 Å². The average molecular weight is 206 g/mol. The molecule has 0 N–H and O–H groups in total. The Labute approximate surface area is 93.3 Å². The standard InChI is InChI=1S/C14H22O/c1-2-3-4-5-6-7-9-13-10-8-11-14(15)12-13/h7,9-10H,2-6,8,11-12H2,1H3. The summed E-state index contributed by atoms with van der Waals surface area (Å²) in [6.45, 7) is 2.23. The minimum atomic E-state index is 0.392. The lowest BCUT2D eigenvalue weighted by atomic mass is 9.98. The van der Waals surface area contributed by atoms with Gasteiger partial charge in [0.15, 0.2) is 0 Å². The Morgan fingerprint density at radius 2 is 2.20 bits per heavy atom. The molecule has 0 atom stereocenters. The summed E-state index contributed by atoms with van der Waals surface area (Å²) in [5.74, 6) is 0.392. The third kappa shape index (κ3) is 5.56. The molecule has 1 heteroatoms. The fraction of sp³-hybridized carbons (Fsp3) is 0.643. The Kier molecular flexibility index (Phi) is 6.06. The molecule has 0 saturated heterocycles. The van der Waals surface area contributed by atoms with Gasteiger partial charge in [-0.3, -0.25) is 4.79 Å². The smallest absolute Gasteiger partial charge is 0.137 e. The van der Waals surface area contributed by atoms with Crippen LogP contribution in [0.3, 0.4) is 0 Å². The Bertz CT molecular complexity index is 248. The predicted molar refractivity (Wildman–Crippen MR) is 64.8 cm³/mol. The third-order valence-electron chi connectivity index (χ3n) is 2.79. The van der Waals surface area contributed by atoms with Crippen molar-refractivity contribution in [1.29, 1.82) is 0 Å². The second-order valence-corrected chi connectivity index (χ2v) is 4.28. The summed E-state index contributed by atoms with van der Waals surface area (Å²) in [6.07, 6.45) is 15.3. The van der Waals surface area contributed by atoms with Crippen LogP contribution >= 0.6 is 0 Å². The van der Waals surface area contributed by atoms with Crippen LogP contribution in [0.4, 0.5) is 0 Å². The first-order valence-corrected chi connectivity index (χ1v) is 6.20. The molecule has 0 aliphatic heterocycles. The van der Waals surface area contributed by atoms with Gasteiger partial charge in [-0.25, -0.2) is 0 Å².